The lowest BCUT2D eigenvalue weighted by Crippen LogP contribution is -2.00. The number of furan rings is 1. The Morgan fingerprint density at radius 3 is 1.06 bits per heavy atom. The van der Waals surface area contributed by atoms with Crippen molar-refractivity contribution in [3.63, 3.8) is 0 Å². The normalized spacial score (nSPS) is 11.3. The Morgan fingerprint density at radius 1 is 0.239 bits per heavy atom. The zero-order valence-electron chi connectivity index (χ0n) is 36.4. The molecule has 0 aliphatic heterocycles. The first-order chi connectivity index (χ1) is 33.2. The molecule has 2 aromatic heterocycles. The maximum absolute atomic E-state index is 6.78. The van der Waals surface area contributed by atoms with Crippen molar-refractivity contribution in [2.75, 3.05) is 0 Å². The molecule has 0 radical (unpaired) electrons. The largest absolute Gasteiger partial charge is 0.455 e. The molecule has 2 heterocycles. The summed E-state index contributed by atoms with van der Waals surface area (Å²) in [5, 5.41) is 1.97. The van der Waals surface area contributed by atoms with Crippen molar-refractivity contribution >= 4 is 21.9 Å². The number of benzene rings is 10. The second-order valence-corrected chi connectivity index (χ2v) is 16.8. The van der Waals surface area contributed by atoms with Gasteiger partial charge in [0.05, 0.1) is 0 Å². The molecular weight excluding hydrogens is 815 g/mol. The summed E-state index contributed by atoms with van der Waals surface area (Å²) in [5.41, 5.74) is 18.0. The SMILES string of the molecule is c1ccc(-c2ccc(-c3ccc(-c4nc(-c5ccc(-c6ccc(-c7ccccc7)cc6)cc5)nc(-c5cccc6oc7c(-c8cccc(-c9ccccc9)c8)cccc7c56)n4)cc3)cc2)cc1. The molecule has 0 unspecified atom stereocenters. The van der Waals surface area contributed by atoms with Gasteiger partial charge in [0.25, 0.3) is 0 Å². The van der Waals surface area contributed by atoms with Gasteiger partial charge in [-0.25, -0.2) is 15.0 Å². The lowest BCUT2D eigenvalue weighted by molar-refractivity contribution is 0.670. The molecule has 0 fully saturated rings. The Kier molecular flexibility index (Phi) is 10.2. The van der Waals surface area contributed by atoms with E-state index in [1.54, 1.807) is 0 Å². The second kappa shape index (κ2) is 17.2. The first kappa shape index (κ1) is 39.6. The topological polar surface area (TPSA) is 51.8 Å². The molecule has 12 rings (SSSR count). The van der Waals surface area contributed by atoms with Crippen LogP contribution in [0.3, 0.4) is 0 Å². The highest BCUT2D eigenvalue weighted by Gasteiger charge is 2.20. The van der Waals surface area contributed by atoms with Crippen molar-refractivity contribution < 1.29 is 4.42 Å². The first-order valence-corrected chi connectivity index (χ1v) is 22.6. The summed E-state index contributed by atoms with van der Waals surface area (Å²) >= 11 is 0. The number of rotatable bonds is 9. The van der Waals surface area contributed by atoms with Crippen LogP contribution in [0, 0.1) is 0 Å². The van der Waals surface area contributed by atoms with Gasteiger partial charge in [0.2, 0.25) is 0 Å². The number of nitrogens with zero attached hydrogens (tertiary/aromatic N) is 3. The lowest BCUT2D eigenvalue weighted by atomic mass is 9.97. The lowest BCUT2D eigenvalue weighted by Gasteiger charge is -2.11. The minimum atomic E-state index is 0.575. The van der Waals surface area contributed by atoms with Crippen molar-refractivity contribution in [2.24, 2.45) is 0 Å². The molecule has 0 aliphatic rings. The molecule has 0 amide bonds. The van der Waals surface area contributed by atoms with Gasteiger partial charge in [0.15, 0.2) is 17.5 Å². The summed E-state index contributed by atoms with van der Waals surface area (Å²) in [6.07, 6.45) is 0. The Labute approximate surface area is 389 Å². The van der Waals surface area contributed by atoms with E-state index >= 15 is 0 Å². The Bertz CT molecular complexity index is 3530. The fraction of sp³-hybridized carbons (Fsp3) is 0. The van der Waals surface area contributed by atoms with E-state index in [2.05, 4.69) is 218 Å². The summed E-state index contributed by atoms with van der Waals surface area (Å²) in [7, 11) is 0. The van der Waals surface area contributed by atoms with Gasteiger partial charge in [0.1, 0.15) is 11.2 Å². The average Bonchev–Trinajstić information content (AvgIpc) is 3.81. The van der Waals surface area contributed by atoms with Gasteiger partial charge in [-0.3, -0.25) is 0 Å². The molecule has 0 spiro atoms. The van der Waals surface area contributed by atoms with Crippen molar-refractivity contribution in [3.05, 3.63) is 249 Å². The third-order valence-corrected chi connectivity index (χ3v) is 12.6. The minimum Gasteiger partial charge on any atom is -0.455 e. The fourth-order valence-corrected chi connectivity index (χ4v) is 9.11. The smallest absolute Gasteiger partial charge is 0.164 e. The molecule has 0 aliphatic carbocycles. The Hall–Kier alpha value is -8.99. The summed E-state index contributed by atoms with van der Waals surface area (Å²) in [5.74, 6) is 1.76. The molecule has 0 saturated heterocycles. The van der Waals surface area contributed by atoms with Crippen LogP contribution in [-0.2, 0) is 0 Å². The Balaban J connectivity index is 0.944. The van der Waals surface area contributed by atoms with Crippen LogP contribution in [0.25, 0.3) is 123 Å². The highest BCUT2D eigenvalue weighted by molar-refractivity contribution is 6.15. The van der Waals surface area contributed by atoms with Gasteiger partial charge in [0, 0.05) is 33.0 Å². The van der Waals surface area contributed by atoms with Crippen LogP contribution >= 0.6 is 0 Å². The first-order valence-electron chi connectivity index (χ1n) is 22.6. The van der Waals surface area contributed by atoms with Crippen LogP contribution in [0.5, 0.6) is 0 Å². The third-order valence-electron chi connectivity index (χ3n) is 12.6. The maximum atomic E-state index is 6.78. The number of hydrogen-bond donors (Lipinski definition) is 0. The highest BCUT2D eigenvalue weighted by Crippen LogP contribution is 2.41. The molecule has 4 heteroatoms. The molecule has 0 bridgehead atoms. The molecule has 0 saturated carbocycles. The number of fused-ring (bicyclic) bond motifs is 3. The molecular formula is C63H41N3O. The Morgan fingerprint density at radius 2 is 0.582 bits per heavy atom. The molecule has 67 heavy (non-hydrogen) atoms. The monoisotopic (exact) mass is 855 g/mol. The van der Waals surface area contributed by atoms with Crippen molar-refractivity contribution in [1.29, 1.82) is 0 Å². The number of aromatic nitrogens is 3. The number of para-hydroxylation sites is 1. The molecule has 0 N–H and O–H groups in total. The molecule has 0 atom stereocenters. The van der Waals surface area contributed by atoms with Crippen LogP contribution in [0.1, 0.15) is 0 Å². The van der Waals surface area contributed by atoms with Gasteiger partial charge in [-0.15, -0.1) is 0 Å². The number of hydrogen-bond acceptors (Lipinski definition) is 4. The predicted molar refractivity (Wildman–Crippen MR) is 276 cm³/mol. The van der Waals surface area contributed by atoms with Crippen LogP contribution < -0.4 is 0 Å². The van der Waals surface area contributed by atoms with Crippen molar-refractivity contribution in [3.8, 4) is 101 Å². The minimum absolute atomic E-state index is 0.575. The van der Waals surface area contributed by atoms with Crippen LogP contribution in [0.2, 0.25) is 0 Å². The quantitative estimate of drug-likeness (QED) is 0.145. The van der Waals surface area contributed by atoms with E-state index in [1.807, 2.05) is 30.3 Å². The maximum Gasteiger partial charge on any atom is 0.164 e. The van der Waals surface area contributed by atoms with Crippen LogP contribution in [0.15, 0.2) is 253 Å². The third kappa shape index (κ3) is 7.77. The van der Waals surface area contributed by atoms with Crippen molar-refractivity contribution in [2.45, 2.75) is 0 Å². The van der Waals surface area contributed by atoms with E-state index in [4.69, 9.17) is 19.4 Å². The van der Waals surface area contributed by atoms with Crippen LogP contribution in [0.4, 0.5) is 0 Å². The summed E-state index contributed by atoms with van der Waals surface area (Å²) < 4.78 is 6.78. The van der Waals surface area contributed by atoms with E-state index in [-0.39, 0.29) is 0 Å². The van der Waals surface area contributed by atoms with Crippen LogP contribution in [-0.4, -0.2) is 15.0 Å². The zero-order valence-corrected chi connectivity index (χ0v) is 36.4. The summed E-state index contributed by atoms with van der Waals surface area (Å²) in [4.78, 5) is 15.7. The highest BCUT2D eigenvalue weighted by atomic mass is 16.3. The molecule has 10 aromatic carbocycles. The zero-order chi connectivity index (χ0) is 44.5. The van der Waals surface area contributed by atoms with Gasteiger partial charge < -0.3 is 4.42 Å². The molecule has 4 nitrogen and oxygen atoms in total. The van der Waals surface area contributed by atoms with Crippen molar-refractivity contribution in [1.82, 2.24) is 15.0 Å². The van der Waals surface area contributed by atoms with Gasteiger partial charge >= 0.3 is 0 Å². The van der Waals surface area contributed by atoms with E-state index in [0.29, 0.717) is 17.5 Å². The average molecular weight is 856 g/mol. The summed E-state index contributed by atoms with van der Waals surface area (Å²) in [6.45, 7) is 0. The molecule has 12 aromatic rings. The standard InChI is InChI=1S/C63H41N3O/c1-4-13-42(14-5-1)45-25-29-47(30-26-45)49-33-37-51(38-34-49)61-64-62(52-39-35-50(36-40-52)48-31-27-46(28-32-48)43-15-6-2-7-16-43)66-63(65-61)57-23-12-24-58-59(57)56-22-11-21-55(60(56)67-58)54-20-10-19-53(41-54)44-17-8-3-9-18-44/h1-41H. The van der Waals surface area contributed by atoms with E-state index in [1.165, 1.54) is 27.8 Å². The van der Waals surface area contributed by atoms with E-state index < -0.39 is 0 Å². The van der Waals surface area contributed by atoms with Gasteiger partial charge in [-0.2, -0.15) is 0 Å². The predicted octanol–water partition coefficient (Wildman–Crippen LogP) is 16.8. The van der Waals surface area contributed by atoms with E-state index in [0.717, 1.165) is 77.6 Å². The summed E-state index contributed by atoms with van der Waals surface area (Å²) in [6, 6.07) is 87.0. The fourth-order valence-electron chi connectivity index (χ4n) is 9.11. The van der Waals surface area contributed by atoms with Gasteiger partial charge in [-0.1, -0.05) is 237 Å². The van der Waals surface area contributed by atoms with Gasteiger partial charge in [-0.05, 0) is 73.3 Å². The second-order valence-electron chi connectivity index (χ2n) is 16.8. The molecule has 314 valence electrons. The van der Waals surface area contributed by atoms with E-state index in [9.17, 15) is 0 Å².